The Bertz CT molecular complexity index is 765. The molecule has 2 rings (SSSR count). The van der Waals surface area contributed by atoms with Crippen molar-refractivity contribution in [2.45, 2.75) is 4.90 Å². The molecule has 5 N–H and O–H groups in total. The van der Waals surface area contributed by atoms with Crippen LogP contribution in [0.25, 0.3) is 0 Å². The second-order valence-corrected chi connectivity index (χ2v) is 6.90. The number of benzene rings is 2. The van der Waals surface area contributed by atoms with E-state index < -0.39 is 10.0 Å². The van der Waals surface area contributed by atoms with E-state index in [1.807, 2.05) is 0 Å². The Kier molecular flexibility index (Phi) is 4.24. The minimum atomic E-state index is -3.89. The lowest BCUT2D eigenvalue weighted by atomic mass is 10.2. The molecular formula is C12H11BrClN3O2S. The Morgan fingerprint density at radius 3 is 2.35 bits per heavy atom. The molecule has 0 spiro atoms. The largest absolute Gasteiger partial charge is 0.399 e. The van der Waals surface area contributed by atoms with Crippen LogP contribution in [0.1, 0.15) is 0 Å². The molecule has 0 unspecified atom stereocenters. The number of nitrogens with two attached hydrogens (primary N) is 2. The van der Waals surface area contributed by atoms with Crippen LogP contribution in [0.3, 0.4) is 0 Å². The van der Waals surface area contributed by atoms with Crippen molar-refractivity contribution in [2.24, 2.45) is 5.14 Å². The molecule has 8 heteroatoms. The number of hydrogen-bond donors (Lipinski definition) is 3. The molecule has 0 aliphatic heterocycles. The maximum absolute atomic E-state index is 11.6. The van der Waals surface area contributed by atoms with E-state index in [9.17, 15) is 8.42 Å². The molecule has 0 fully saturated rings. The molecule has 0 bridgehead atoms. The van der Waals surface area contributed by atoms with Crippen LogP contribution < -0.4 is 16.2 Å². The summed E-state index contributed by atoms with van der Waals surface area (Å²) in [7, 11) is -3.89. The van der Waals surface area contributed by atoms with Crippen molar-refractivity contribution in [3.63, 3.8) is 0 Å². The molecule has 106 valence electrons. The fraction of sp³-hybridized carbons (Fsp3) is 0. The molecule has 0 aliphatic rings. The summed E-state index contributed by atoms with van der Waals surface area (Å²) in [5.41, 5.74) is 6.77. The quantitative estimate of drug-likeness (QED) is 0.717. The number of halogens is 2. The lowest BCUT2D eigenvalue weighted by Gasteiger charge is -2.13. The molecule has 0 aromatic heterocycles. The van der Waals surface area contributed by atoms with Crippen LogP contribution in [0.15, 0.2) is 45.8 Å². The van der Waals surface area contributed by atoms with Crippen molar-refractivity contribution in [1.82, 2.24) is 0 Å². The average molecular weight is 377 g/mol. The van der Waals surface area contributed by atoms with Crippen molar-refractivity contribution >= 4 is 54.6 Å². The average Bonchev–Trinajstić information content (AvgIpc) is 2.33. The highest BCUT2D eigenvalue weighted by Gasteiger charge is 2.15. The van der Waals surface area contributed by atoms with Crippen LogP contribution in [0.4, 0.5) is 17.1 Å². The Hall–Kier alpha value is -1.28. The van der Waals surface area contributed by atoms with Gasteiger partial charge in [0.25, 0.3) is 0 Å². The van der Waals surface area contributed by atoms with Gasteiger partial charge >= 0.3 is 0 Å². The summed E-state index contributed by atoms with van der Waals surface area (Å²) >= 11 is 9.37. The molecule has 5 nitrogen and oxygen atoms in total. The first-order valence-corrected chi connectivity index (χ1v) is 8.13. The summed E-state index contributed by atoms with van der Waals surface area (Å²) in [6, 6.07) is 9.59. The first kappa shape index (κ1) is 15.1. The van der Waals surface area contributed by atoms with E-state index in [4.69, 9.17) is 22.5 Å². The third-order valence-corrected chi connectivity index (χ3v) is 4.27. The zero-order chi connectivity index (χ0) is 14.9. The molecule has 2 aromatic carbocycles. The van der Waals surface area contributed by atoms with Gasteiger partial charge in [0.2, 0.25) is 10.0 Å². The van der Waals surface area contributed by atoms with Crippen molar-refractivity contribution in [1.29, 1.82) is 0 Å². The molecule has 20 heavy (non-hydrogen) atoms. The van der Waals surface area contributed by atoms with E-state index in [-0.39, 0.29) is 4.90 Å². The van der Waals surface area contributed by atoms with Crippen LogP contribution in [0.5, 0.6) is 0 Å². The highest BCUT2D eigenvalue weighted by atomic mass is 79.9. The van der Waals surface area contributed by atoms with Crippen molar-refractivity contribution in [3.8, 4) is 0 Å². The third-order valence-electron chi connectivity index (χ3n) is 2.51. The van der Waals surface area contributed by atoms with E-state index in [0.717, 1.165) is 4.47 Å². The van der Waals surface area contributed by atoms with Gasteiger partial charge in [0, 0.05) is 10.2 Å². The van der Waals surface area contributed by atoms with Crippen LogP contribution in [0.2, 0.25) is 5.02 Å². The summed E-state index contributed by atoms with van der Waals surface area (Å²) in [6.07, 6.45) is 0. The van der Waals surface area contributed by atoms with E-state index in [2.05, 4.69) is 21.2 Å². The van der Waals surface area contributed by atoms with Crippen LogP contribution in [-0.4, -0.2) is 8.42 Å². The van der Waals surface area contributed by atoms with Crippen molar-refractivity contribution in [2.75, 3.05) is 11.1 Å². The number of anilines is 3. The fourth-order valence-electron chi connectivity index (χ4n) is 1.61. The fourth-order valence-corrected chi connectivity index (χ4v) is 3.06. The monoisotopic (exact) mass is 375 g/mol. The smallest absolute Gasteiger partial charge is 0.240 e. The summed E-state index contributed by atoms with van der Waals surface area (Å²) in [4.78, 5) is -0.0866. The van der Waals surface area contributed by atoms with Gasteiger partial charge in [-0.15, -0.1) is 0 Å². The predicted octanol–water partition coefficient (Wildman–Crippen LogP) is 3.08. The molecule has 0 saturated carbocycles. The minimum Gasteiger partial charge on any atom is -0.399 e. The van der Waals surface area contributed by atoms with Gasteiger partial charge in [-0.1, -0.05) is 27.5 Å². The first-order valence-electron chi connectivity index (χ1n) is 5.42. The van der Waals surface area contributed by atoms with E-state index in [0.29, 0.717) is 22.1 Å². The van der Waals surface area contributed by atoms with Gasteiger partial charge in [0.15, 0.2) is 0 Å². The molecule has 0 saturated heterocycles. The van der Waals surface area contributed by atoms with E-state index >= 15 is 0 Å². The summed E-state index contributed by atoms with van der Waals surface area (Å²) < 4.78 is 24.0. The topological polar surface area (TPSA) is 98.2 Å². The van der Waals surface area contributed by atoms with Gasteiger partial charge in [-0.25, -0.2) is 13.6 Å². The highest BCUT2D eigenvalue weighted by molar-refractivity contribution is 9.10. The maximum Gasteiger partial charge on any atom is 0.240 e. The molecule has 0 radical (unpaired) electrons. The van der Waals surface area contributed by atoms with Gasteiger partial charge in [-0.2, -0.15) is 0 Å². The van der Waals surface area contributed by atoms with Gasteiger partial charge in [0.1, 0.15) is 4.90 Å². The summed E-state index contributed by atoms with van der Waals surface area (Å²) in [6.45, 7) is 0. The zero-order valence-electron chi connectivity index (χ0n) is 10.1. The Balaban J connectivity index is 2.49. The second-order valence-electron chi connectivity index (χ2n) is 4.05. The molecule has 0 atom stereocenters. The van der Waals surface area contributed by atoms with Crippen LogP contribution in [0, 0.1) is 0 Å². The summed E-state index contributed by atoms with van der Waals surface area (Å²) in [5, 5.41) is 8.55. The van der Waals surface area contributed by atoms with Gasteiger partial charge in [0.05, 0.1) is 16.4 Å². The maximum atomic E-state index is 11.6. The van der Waals surface area contributed by atoms with Crippen LogP contribution >= 0.6 is 27.5 Å². The number of nitrogen functional groups attached to an aromatic ring is 1. The lowest BCUT2D eigenvalue weighted by Crippen LogP contribution is -2.14. The normalized spacial score (nSPS) is 11.3. The van der Waals surface area contributed by atoms with Gasteiger partial charge < -0.3 is 11.1 Å². The predicted molar refractivity (Wildman–Crippen MR) is 84.7 cm³/mol. The SMILES string of the molecule is Nc1ccc(Nc2ccc(Br)cc2Cl)c(S(N)(=O)=O)c1. The Morgan fingerprint density at radius 2 is 1.75 bits per heavy atom. The molecular weight excluding hydrogens is 366 g/mol. The van der Waals surface area contributed by atoms with Crippen LogP contribution in [-0.2, 0) is 10.0 Å². The van der Waals surface area contributed by atoms with Crippen molar-refractivity contribution in [3.05, 3.63) is 45.9 Å². The van der Waals surface area contributed by atoms with Gasteiger partial charge in [-0.3, -0.25) is 0 Å². The molecule has 0 aliphatic carbocycles. The standard InChI is InChI=1S/C12H11BrClN3O2S/c13-7-1-3-10(9(14)5-7)17-11-4-2-8(15)6-12(11)20(16,18)19/h1-6,17H,15H2,(H2,16,18,19). The lowest BCUT2D eigenvalue weighted by molar-refractivity contribution is 0.598. The number of nitrogens with one attached hydrogen (secondary N) is 1. The molecule has 0 amide bonds. The zero-order valence-corrected chi connectivity index (χ0v) is 13.3. The highest BCUT2D eigenvalue weighted by Crippen LogP contribution is 2.31. The summed E-state index contributed by atoms with van der Waals surface area (Å²) in [5.74, 6) is 0. The minimum absolute atomic E-state index is 0.0866. The second kappa shape index (κ2) is 5.61. The third kappa shape index (κ3) is 3.43. The van der Waals surface area contributed by atoms with E-state index in [1.165, 1.54) is 12.1 Å². The first-order chi connectivity index (χ1) is 9.27. The van der Waals surface area contributed by atoms with Crippen molar-refractivity contribution < 1.29 is 8.42 Å². The number of hydrogen-bond acceptors (Lipinski definition) is 4. The molecule has 0 heterocycles. The Morgan fingerprint density at radius 1 is 1.10 bits per heavy atom. The van der Waals surface area contributed by atoms with E-state index in [1.54, 1.807) is 24.3 Å². The number of rotatable bonds is 3. The van der Waals surface area contributed by atoms with Gasteiger partial charge in [-0.05, 0) is 36.4 Å². The Labute approximate surface area is 130 Å². The number of primary sulfonamides is 1. The molecule has 2 aromatic rings. The number of sulfonamides is 1.